The molecular weight excluding hydrogens is 362 g/mol. The summed E-state index contributed by atoms with van der Waals surface area (Å²) in [5.74, 6) is -2.19. The topological polar surface area (TPSA) is 120 Å². The van der Waals surface area contributed by atoms with Crippen molar-refractivity contribution in [1.82, 2.24) is 10.7 Å². The first-order valence-corrected chi connectivity index (χ1v) is 8.52. The Bertz CT molecular complexity index is 858. The van der Waals surface area contributed by atoms with E-state index in [-0.39, 0.29) is 18.2 Å². The number of nitrogens with zero attached hydrogens (tertiary/aromatic N) is 1. The fraction of sp³-hybridized carbons (Fsp3) is 0.200. The number of aromatic carboxylic acids is 1. The molecule has 0 aliphatic carbocycles. The van der Waals surface area contributed by atoms with E-state index in [2.05, 4.69) is 15.8 Å². The molecule has 146 valence electrons. The zero-order valence-corrected chi connectivity index (χ0v) is 15.5. The first-order valence-electron chi connectivity index (χ1n) is 8.52. The van der Waals surface area contributed by atoms with E-state index in [9.17, 15) is 19.5 Å². The normalized spacial score (nSPS) is 10.7. The second kappa shape index (κ2) is 9.86. The van der Waals surface area contributed by atoms with Crippen molar-refractivity contribution in [2.24, 2.45) is 5.10 Å². The van der Waals surface area contributed by atoms with Crippen molar-refractivity contribution in [3.63, 3.8) is 0 Å². The molecule has 2 N–H and O–H groups in total. The zero-order valence-electron chi connectivity index (χ0n) is 15.5. The van der Waals surface area contributed by atoms with E-state index in [0.29, 0.717) is 11.3 Å². The van der Waals surface area contributed by atoms with Gasteiger partial charge in [-0.25, -0.2) is 5.43 Å². The lowest BCUT2D eigenvalue weighted by molar-refractivity contribution is -0.255. The fourth-order valence-electron chi connectivity index (χ4n) is 2.10. The fourth-order valence-corrected chi connectivity index (χ4v) is 2.10. The van der Waals surface area contributed by atoms with Crippen molar-refractivity contribution in [2.75, 3.05) is 0 Å². The lowest BCUT2D eigenvalue weighted by Crippen LogP contribution is -2.41. The third-order valence-electron chi connectivity index (χ3n) is 3.48. The maximum Gasteiger partial charge on any atom is 0.329 e. The molecule has 0 saturated heterocycles. The maximum absolute atomic E-state index is 11.5. The van der Waals surface area contributed by atoms with Crippen LogP contribution in [0.25, 0.3) is 0 Å². The van der Waals surface area contributed by atoms with E-state index < -0.39 is 17.8 Å². The van der Waals surface area contributed by atoms with Gasteiger partial charge in [-0.05, 0) is 54.8 Å². The van der Waals surface area contributed by atoms with E-state index in [1.54, 1.807) is 50.2 Å². The number of ether oxygens (including phenoxy) is 1. The molecule has 28 heavy (non-hydrogen) atoms. The van der Waals surface area contributed by atoms with E-state index in [1.165, 1.54) is 18.3 Å². The molecule has 0 radical (unpaired) electrons. The number of carboxylic acid groups (broad SMARTS) is 1. The third kappa shape index (κ3) is 6.56. The number of carboxylic acids is 1. The second-order valence-electron chi connectivity index (χ2n) is 6.17. The summed E-state index contributed by atoms with van der Waals surface area (Å²) in [7, 11) is 0. The lowest BCUT2D eigenvalue weighted by Gasteiger charge is -2.08. The monoisotopic (exact) mass is 382 g/mol. The van der Waals surface area contributed by atoms with Crippen LogP contribution in [-0.4, -0.2) is 30.0 Å². The van der Waals surface area contributed by atoms with Gasteiger partial charge in [0.2, 0.25) is 0 Å². The predicted octanol–water partition coefficient (Wildman–Crippen LogP) is 0.604. The molecule has 8 heteroatoms. The van der Waals surface area contributed by atoms with E-state index in [1.807, 2.05) is 0 Å². The summed E-state index contributed by atoms with van der Waals surface area (Å²) >= 11 is 0. The van der Waals surface area contributed by atoms with E-state index in [4.69, 9.17) is 4.74 Å². The number of carbonyl (C=O) groups is 3. The van der Waals surface area contributed by atoms with Crippen molar-refractivity contribution in [3.05, 3.63) is 65.2 Å². The Labute approximate surface area is 162 Å². The summed E-state index contributed by atoms with van der Waals surface area (Å²) in [6, 6.07) is 13.0. The van der Waals surface area contributed by atoms with Crippen LogP contribution in [0.15, 0.2) is 53.6 Å². The third-order valence-corrected chi connectivity index (χ3v) is 3.48. The summed E-state index contributed by atoms with van der Waals surface area (Å²) < 4.78 is 5.63. The van der Waals surface area contributed by atoms with E-state index in [0.717, 1.165) is 5.56 Å². The minimum absolute atomic E-state index is 0.112. The van der Waals surface area contributed by atoms with Gasteiger partial charge in [0.1, 0.15) is 12.4 Å². The summed E-state index contributed by atoms with van der Waals surface area (Å²) in [6.07, 6.45) is 1.41. The maximum atomic E-state index is 11.5. The standard InChI is InChI=1S/C20H21N3O5/c1-13(2)22-18(24)19(25)23-21-11-14-5-9-17(10-6-14)28-12-15-3-7-16(8-4-15)20(26)27/h3-11,13H,12H2,1-2H3,(H,22,24)(H,23,25)(H,26,27)/p-1/b21-11-. The smallest absolute Gasteiger partial charge is 0.329 e. The molecular formula is C20H20N3O5-. The van der Waals surface area contributed by atoms with Crippen LogP contribution in [0, 0.1) is 0 Å². The highest BCUT2D eigenvalue weighted by Gasteiger charge is 2.12. The lowest BCUT2D eigenvalue weighted by atomic mass is 10.1. The Hall–Kier alpha value is -3.68. The molecule has 0 saturated carbocycles. The summed E-state index contributed by atoms with van der Waals surface area (Å²) in [6.45, 7) is 3.78. The molecule has 8 nitrogen and oxygen atoms in total. The number of amides is 2. The summed E-state index contributed by atoms with van der Waals surface area (Å²) in [5, 5.41) is 16.9. The van der Waals surface area contributed by atoms with Crippen LogP contribution < -0.4 is 20.6 Å². The largest absolute Gasteiger partial charge is 0.545 e. The van der Waals surface area contributed by atoms with Gasteiger partial charge in [-0.1, -0.05) is 24.3 Å². The van der Waals surface area contributed by atoms with Crippen LogP contribution in [0.1, 0.15) is 35.3 Å². The summed E-state index contributed by atoms with van der Waals surface area (Å²) in [5.41, 5.74) is 3.78. The van der Waals surface area contributed by atoms with Gasteiger partial charge in [-0.15, -0.1) is 0 Å². The van der Waals surface area contributed by atoms with Crippen molar-refractivity contribution < 1.29 is 24.2 Å². The first kappa shape index (κ1) is 20.6. The number of hydrogen-bond donors (Lipinski definition) is 2. The molecule has 0 atom stereocenters. The SMILES string of the molecule is CC(C)NC(=O)C(=O)N/N=C\c1ccc(OCc2ccc(C(=O)[O-])cc2)cc1. The molecule has 2 aromatic rings. The molecule has 0 spiro atoms. The van der Waals surface area contributed by atoms with Crippen LogP contribution >= 0.6 is 0 Å². The Kier molecular flexibility index (Phi) is 7.27. The number of hydrogen-bond acceptors (Lipinski definition) is 6. The number of hydrazone groups is 1. The molecule has 0 aliphatic heterocycles. The van der Waals surface area contributed by atoms with Crippen molar-refractivity contribution in [3.8, 4) is 5.75 Å². The van der Waals surface area contributed by atoms with Gasteiger partial charge in [-0.2, -0.15) is 5.10 Å². The quantitative estimate of drug-likeness (QED) is 0.413. The average Bonchev–Trinajstić information content (AvgIpc) is 2.67. The van der Waals surface area contributed by atoms with Gasteiger partial charge < -0.3 is 20.0 Å². The van der Waals surface area contributed by atoms with Gasteiger partial charge in [0.05, 0.1) is 12.2 Å². The van der Waals surface area contributed by atoms with Crippen LogP contribution in [-0.2, 0) is 16.2 Å². The second-order valence-corrected chi connectivity index (χ2v) is 6.17. The van der Waals surface area contributed by atoms with E-state index >= 15 is 0 Å². The van der Waals surface area contributed by atoms with Gasteiger partial charge in [0.25, 0.3) is 0 Å². The Balaban J connectivity index is 1.83. The van der Waals surface area contributed by atoms with Crippen molar-refractivity contribution in [2.45, 2.75) is 26.5 Å². The average molecular weight is 382 g/mol. The highest BCUT2D eigenvalue weighted by Crippen LogP contribution is 2.14. The number of carbonyl (C=O) groups excluding carboxylic acids is 3. The Morgan fingerprint density at radius 2 is 1.68 bits per heavy atom. The zero-order chi connectivity index (χ0) is 20.5. The van der Waals surface area contributed by atoms with Crippen molar-refractivity contribution in [1.29, 1.82) is 0 Å². The van der Waals surface area contributed by atoms with Gasteiger partial charge in [0, 0.05) is 6.04 Å². The predicted molar refractivity (Wildman–Crippen MR) is 101 cm³/mol. The molecule has 2 rings (SSSR count). The van der Waals surface area contributed by atoms with Crippen LogP contribution in [0.3, 0.4) is 0 Å². The Morgan fingerprint density at radius 3 is 2.25 bits per heavy atom. The number of nitrogens with one attached hydrogen (secondary N) is 2. The molecule has 0 heterocycles. The molecule has 0 bridgehead atoms. The van der Waals surface area contributed by atoms with Crippen LogP contribution in [0.2, 0.25) is 0 Å². The summed E-state index contributed by atoms with van der Waals surface area (Å²) in [4.78, 5) is 33.7. The van der Waals surface area contributed by atoms with Gasteiger partial charge >= 0.3 is 11.8 Å². The minimum atomic E-state index is -1.22. The van der Waals surface area contributed by atoms with Crippen molar-refractivity contribution >= 4 is 24.0 Å². The molecule has 0 aromatic heterocycles. The first-order chi connectivity index (χ1) is 13.3. The molecule has 0 unspecified atom stereocenters. The highest BCUT2D eigenvalue weighted by molar-refractivity contribution is 6.35. The van der Waals surface area contributed by atoms with Crippen LogP contribution in [0.4, 0.5) is 0 Å². The number of rotatable bonds is 7. The molecule has 2 aromatic carbocycles. The Morgan fingerprint density at radius 1 is 1.04 bits per heavy atom. The highest BCUT2D eigenvalue weighted by atomic mass is 16.5. The molecule has 0 fully saturated rings. The minimum Gasteiger partial charge on any atom is -0.545 e. The van der Waals surface area contributed by atoms with Crippen LogP contribution in [0.5, 0.6) is 5.75 Å². The number of benzene rings is 2. The molecule has 2 amide bonds. The van der Waals surface area contributed by atoms with Gasteiger partial charge in [-0.3, -0.25) is 9.59 Å². The molecule has 0 aliphatic rings. The van der Waals surface area contributed by atoms with Gasteiger partial charge in [0.15, 0.2) is 0 Å².